The molecule has 106 valence electrons. The predicted molar refractivity (Wildman–Crippen MR) is 74.0 cm³/mol. The molecule has 0 aliphatic heterocycles. The average Bonchev–Trinajstić information content (AvgIpc) is 2.81. The summed E-state index contributed by atoms with van der Waals surface area (Å²) >= 11 is 0. The lowest BCUT2D eigenvalue weighted by atomic mass is 9.61. The molecule has 2 aliphatic carbocycles. The summed E-state index contributed by atoms with van der Waals surface area (Å²) in [5.74, 6) is 4.90. The number of ether oxygens (including phenoxy) is 1. The Balaban J connectivity index is 2.13. The van der Waals surface area contributed by atoms with Gasteiger partial charge in [-0.25, -0.2) is 0 Å². The summed E-state index contributed by atoms with van der Waals surface area (Å²) in [6, 6.07) is 0. The van der Waals surface area contributed by atoms with Crippen molar-refractivity contribution in [2.24, 2.45) is 40.9 Å². The van der Waals surface area contributed by atoms with Gasteiger partial charge in [0.2, 0.25) is 0 Å². The Morgan fingerprint density at radius 1 is 1.22 bits per heavy atom. The van der Waals surface area contributed by atoms with E-state index in [1.165, 1.54) is 12.8 Å². The molecule has 2 nitrogen and oxygen atoms in total. The van der Waals surface area contributed by atoms with Crippen molar-refractivity contribution in [3.63, 3.8) is 0 Å². The average molecular weight is 254 g/mol. The van der Waals surface area contributed by atoms with Gasteiger partial charge in [-0.1, -0.05) is 34.6 Å². The van der Waals surface area contributed by atoms with Gasteiger partial charge in [0.15, 0.2) is 0 Å². The number of fused-ring (bicyclic) bond motifs is 2. The molecule has 2 bridgehead atoms. The molecular formula is C16H30O2. The Hall–Kier alpha value is -0.0800. The van der Waals surface area contributed by atoms with Crippen molar-refractivity contribution >= 4 is 0 Å². The molecule has 0 spiro atoms. The van der Waals surface area contributed by atoms with Gasteiger partial charge in [0.05, 0.1) is 6.61 Å². The van der Waals surface area contributed by atoms with E-state index in [-0.39, 0.29) is 6.79 Å². The third kappa shape index (κ3) is 2.46. The molecule has 2 heteroatoms. The molecule has 2 saturated carbocycles. The molecule has 0 saturated heterocycles. The molecule has 2 fully saturated rings. The Morgan fingerprint density at radius 3 is 2.39 bits per heavy atom. The fourth-order valence-electron chi connectivity index (χ4n) is 5.11. The van der Waals surface area contributed by atoms with Crippen LogP contribution in [-0.2, 0) is 4.74 Å². The van der Waals surface area contributed by atoms with E-state index in [2.05, 4.69) is 34.6 Å². The SMILES string of the molecule is CC(C)C1C2CC(COCO)C(C2)C1C(C)(C)C. The molecule has 5 atom stereocenters. The van der Waals surface area contributed by atoms with E-state index in [0.29, 0.717) is 11.3 Å². The second-order valence-electron chi connectivity index (χ2n) is 7.87. The molecule has 0 aromatic heterocycles. The maximum atomic E-state index is 8.84. The van der Waals surface area contributed by atoms with Gasteiger partial charge in [0.25, 0.3) is 0 Å². The van der Waals surface area contributed by atoms with Crippen molar-refractivity contribution < 1.29 is 9.84 Å². The Labute approximate surface area is 112 Å². The van der Waals surface area contributed by atoms with Gasteiger partial charge in [-0.15, -0.1) is 0 Å². The molecule has 0 aromatic carbocycles. The molecule has 0 amide bonds. The Kier molecular flexibility index (Phi) is 4.08. The van der Waals surface area contributed by atoms with Gasteiger partial charge in [-0.3, -0.25) is 0 Å². The van der Waals surface area contributed by atoms with Crippen molar-refractivity contribution in [1.82, 2.24) is 0 Å². The summed E-state index contributed by atoms with van der Waals surface area (Å²) in [6.07, 6.45) is 2.71. The summed E-state index contributed by atoms with van der Waals surface area (Å²) in [6.45, 7) is 12.6. The number of rotatable bonds is 4. The minimum Gasteiger partial charge on any atom is -0.371 e. The van der Waals surface area contributed by atoms with E-state index in [9.17, 15) is 0 Å². The monoisotopic (exact) mass is 254 g/mol. The van der Waals surface area contributed by atoms with Gasteiger partial charge in [-0.2, -0.15) is 0 Å². The zero-order valence-electron chi connectivity index (χ0n) is 12.6. The summed E-state index contributed by atoms with van der Waals surface area (Å²) < 4.78 is 5.28. The molecule has 0 heterocycles. The summed E-state index contributed by atoms with van der Waals surface area (Å²) in [5.41, 5.74) is 0.395. The van der Waals surface area contributed by atoms with E-state index in [4.69, 9.17) is 9.84 Å². The van der Waals surface area contributed by atoms with Crippen LogP contribution in [-0.4, -0.2) is 18.5 Å². The third-order valence-corrected chi connectivity index (χ3v) is 5.40. The predicted octanol–water partition coefficient (Wildman–Crippen LogP) is 3.54. The van der Waals surface area contributed by atoms with E-state index >= 15 is 0 Å². The van der Waals surface area contributed by atoms with Crippen LogP contribution in [0.1, 0.15) is 47.5 Å². The normalized spacial score (nSPS) is 39.8. The highest BCUT2D eigenvalue weighted by Crippen LogP contribution is 2.62. The molecule has 0 radical (unpaired) electrons. The highest BCUT2D eigenvalue weighted by Gasteiger charge is 2.56. The van der Waals surface area contributed by atoms with E-state index in [1.807, 2.05) is 0 Å². The molecule has 18 heavy (non-hydrogen) atoms. The van der Waals surface area contributed by atoms with E-state index in [1.54, 1.807) is 0 Å². The van der Waals surface area contributed by atoms with Crippen LogP contribution in [0.4, 0.5) is 0 Å². The maximum absolute atomic E-state index is 8.84. The van der Waals surface area contributed by atoms with Gasteiger partial charge in [-0.05, 0) is 53.8 Å². The first-order valence-corrected chi connectivity index (χ1v) is 7.54. The summed E-state index contributed by atoms with van der Waals surface area (Å²) in [7, 11) is 0. The molecule has 5 unspecified atom stereocenters. The quantitative estimate of drug-likeness (QED) is 0.778. The highest BCUT2D eigenvalue weighted by molar-refractivity contribution is 5.04. The molecule has 1 N–H and O–H groups in total. The topological polar surface area (TPSA) is 29.5 Å². The molecule has 2 aliphatic rings. The maximum Gasteiger partial charge on any atom is 0.143 e. The first-order valence-electron chi connectivity index (χ1n) is 7.54. The van der Waals surface area contributed by atoms with Gasteiger partial charge in [0, 0.05) is 0 Å². The lowest BCUT2D eigenvalue weighted by molar-refractivity contribution is -0.0482. The van der Waals surface area contributed by atoms with Crippen LogP contribution in [0.15, 0.2) is 0 Å². The van der Waals surface area contributed by atoms with Crippen LogP contribution in [0.3, 0.4) is 0 Å². The van der Waals surface area contributed by atoms with Gasteiger partial charge >= 0.3 is 0 Å². The number of aliphatic hydroxyl groups excluding tert-OH is 1. The second kappa shape index (κ2) is 5.13. The van der Waals surface area contributed by atoms with Crippen molar-refractivity contribution in [3.05, 3.63) is 0 Å². The number of aliphatic hydroxyl groups is 1. The van der Waals surface area contributed by atoms with Crippen LogP contribution in [0, 0.1) is 40.9 Å². The lowest BCUT2D eigenvalue weighted by Gasteiger charge is -2.45. The Bertz CT molecular complexity index is 279. The van der Waals surface area contributed by atoms with Crippen molar-refractivity contribution in [3.8, 4) is 0 Å². The zero-order valence-corrected chi connectivity index (χ0v) is 12.6. The number of hydrogen-bond acceptors (Lipinski definition) is 2. The second-order valence-corrected chi connectivity index (χ2v) is 7.87. The summed E-state index contributed by atoms with van der Waals surface area (Å²) in [4.78, 5) is 0. The van der Waals surface area contributed by atoms with Gasteiger partial charge in [0.1, 0.15) is 6.79 Å². The largest absolute Gasteiger partial charge is 0.371 e. The van der Waals surface area contributed by atoms with Gasteiger partial charge < -0.3 is 9.84 Å². The third-order valence-electron chi connectivity index (χ3n) is 5.40. The van der Waals surface area contributed by atoms with Crippen LogP contribution in [0.5, 0.6) is 0 Å². The fraction of sp³-hybridized carbons (Fsp3) is 1.00. The smallest absolute Gasteiger partial charge is 0.143 e. The van der Waals surface area contributed by atoms with Crippen LogP contribution < -0.4 is 0 Å². The van der Waals surface area contributed by atoms with Crippen LogP contribution >= 0.6 is 0 Å². The molecular weight excluding hydrogens is 224 g/mol. The van der Waals surface area contributed by atoms with E-state index in [0.717, 1.165) is 36.2 Å². The zero-order chi connectivity index (χ0) is 13.5. The Morgan fingerprint density at radius 2 is 1.89 bits per heavy atom. The first-order chi connectivity index (χ1) is 8.36. The summed E-state index contributed by atoms with van der Waals surface area (Å²) in [5, 5.41) is 8.84. The van der Waals surface area contributed by atoms with Crippen LogP contribution in [0.2, 0.25) is 0 Å². The standard InChI is InChI=1S/C16H30O2/c1-10(2)14-11-6-12(8-18-9-17)13(7-11)15(14)16(3,4)5/h10-15,17H,6-9H2,1-5H3. The minimum atomic E-state index is -0.123. The number of hydrogen-bond donors (Lipinski definition) is 1. The lowest BCUT2D eigenvalue weighted by Crippen LogP contribution is -2.40. The molecule has 0 aromatic rings. The minimum absolute atomic E-state index is 0.123. The van der Waals surface area contributed by atoms with Crippen molar-refractivity contribution in [2.75, 3.05) is 13.4 Å². The fourth-order valence-corrected chi connectivity index (χ4v) is 5.11. The van der Waals surface area contributed by atoms with Crippen molar-refractivity contribution in [1.29, 1.82) is 0 Å². The van der Waals surface area contributed by atoms with Crippen LogP contribution in [0.25, 0.3) is 0 Å². The first kappa shape index (κ1) is 14.3. The highest BCUT2D eigenvalue weighted by atomic mass is 16.6. The molecule has 2 rings (SSSR count). The van der Waals surface area contributed by atoms with E-state index < -0.39 is 0 Å². The van der Waals surface area contributed by atoms with Crippen molar-refractivity contribution in [2.45, 2.75) is 47.5 Å².